The first-order valence-electron chi connectivity index (χ1n) is 9.24. The molecule has 2 aromatic carbocycles. The molecule has 0 saturated heterocycles. The van der Waals surface area contributed by atoms with Crippen LogP contribution in [0.4, 0.5) is 9.18 Å². The molecule has 0 spiro atoms. The summed E-state index contributed by atoms with van der Waals surface area (Å²) in [5.74, 6) is 0.223. The number of hydrogen-bond acceptors (Lipinski definition) is 5. The van der Waals surface area contributed by atoms with E-state index in [1.54, 1.807) is 36.5 Å². The van der Waals surface area contributed by atoms with Gasteiger partial charge in [0, 0.05) is 18.3 Å². The number of urea groups is 1. The lowest BCUT2D eigenvalue weighted by Crippen LogP contribution is -2.36. The maximum absolute atomic E-state index is 13.5. The Morgan fingerprint density at radius 1 is 1.10 bits per heavy atom. The zero-order valence-corrected chi connectivity index (χ0v) is 16.0. The molecule has 7 nitrogen and oxygen atoms in total. The summed E-state index contributed by atoms with van der Waals surface area (Å²) in [4.78, 5) is 24.1. The number of rotatable bonds is 5. The summed E-state index contributed by atoms with van der Waals surface area (Å²) in [6.45, 7) is 4.52. The minimum absolute atomic E-state index is 0.159. The number of carbonyl (C=O) groups excluding carboxylic acids is 1. The van der Waals surface area contributed by atoms with E-state index in [2.05, 4.69) is 16.9 Å². The van der Waals surface area contributed by atoms with Crippen LogP contribution in [0.25, 0.3) is 11.4 Å². The lowest BCUT2D eigenvalue weighted by molar-refractivity contribution is 0.217. The average molecular weight is 404 g/mol. The van der Waals surface area contributed by atoms with Gasteiger partial charge in [-0.2, -0.15) is 4.98 Å². The number of nitrogens with zero attached hydrogens (tertiary/aromatic N) is 4. The number of aromatic nitrogens is 2. The molecule has 1 aliphatic rings. The number of nitrogens with two attached hydrogens (primary N) is 1. The highest BCUT2D eigenvalue weighted by atomic mass is 19.1. The number of halogens is 1. The van der Waals surface area contributed by atoms with Gasteiger partial charge in [0.15, 0.2) is 0 Å². The molecule has 4 rings (SSSR count). The summed E-state index contributed by atoms with van der Waals surface area (Å²) < 4.78 is 19.2. The van der Waals surface area contributed by atoms with E-state index in [4.69, 9.17) is 10.5 Å². The van der Waals surface area contributed by atoms with Crippen molar-refractivity contribution in [1.29, 1.82) is 0 Å². The highest BCUT2D eigenvalue weighted by Crippen LogP contribution is 2.37. The summed E-state index contributed by atoms with van der Waals surface area (Å²) in [6.07, 6.45) is 1.57. The van der Waals surface area contributed by atoms with Gasteiger partial charge in [-0.1, -0.05) is 18.2 Å². The van der Waals surface area contributed by atoms with Crippen LogP contribution in [0.5, 0.6) is 11.8 Å². The fraction of sp³-hybridized carbons (Fsp3) is 0.0909. The Bertz CT molecular complexity index is 1090. The van der Waals surface area contributed by atoms with Crippen LogP contribution in [0, 0.1) is 12.7 Å². The van der Waals surface area contributed by atoms with Crippen LogP contribution in [-0.2, 0) is 0 Å². The van der Waals surface area contributed by atoms with E-state index in [1.807, 2.05) is 23.1 Å². The third kappa shape index (κ3) is 3.80. The van der Waals surface area contributed by atoms with Gasteiger partial charge in [0.05, 0.1) is 23.8 Å². The first-order chi connectivity index (χ1) is 14.6. The monoisotopic (exact) mass is 404 g/mol. The molecule has 30 heavy (non-hydrogen) atoms. The number of primary amides is 1. The van der Waals surface area contributed by atoms with Gasteiger partial charge in [0.1, 0.15) is 11.6 Å². The highest BCUT2D eigenvalue weighted by molar-refractivity contribution is 5.97. The second kappa shape index (κ2) is 8.20. The van der Waals surface area contributed by atoms with Crippen LogP contribution >= 0.6 is 0 Å². The van der Waals surface area contributed by atoms with Gasteiger partial charge >= 0.3 is 12.0 Å². The predicted molar refractivity (Wildman–Crippen MR) is 110 cm³/mol. The van der Waals surface area contributed by atoms with Crippen LogP contribution in [0.3, 0.4) is 0 Å². The SMILES string of the molecule is [CH2]CN1CN(C(N)=O)C(c2ccc(F)cc2)=C1c1ccnc(Oc2ccccc2)n1. The van der Waals surface area contributed by atoms with E-state index in [0.29, 0.717) is 34.9 Å². The number of hydrogen-bond donors (Lipinski definition) is 1. The van der Waals surface area contributed by atoms with Gasteiger partial charge in [0.25, 0.3) is 0 Å². The molecule has 2 heterocycles. The van der Waals surface area contributed by atoms with Gasteiger partial charge in [-0.3, -0.25) is 4.90 Å². The van der Waals surface area contributed by atoms with Crippen LogP contribution in [0.1, 0.15) is 11.3 Å². The van der Waals surface area contributed by atoms with Crippen molar-refractivity contribution in [1.82, 2.24) is 19.8 Å². The number of para-hydroxylation sites is 1. The second-order valence-corrected chi connectivity index (χ2v) is 6.51. The molecular formula is C22H19FN5O2. The van der Waals surface area contributed by atoms with E-state index in [9.17, 15) is 9.18 Å². The first kappa shape index (κ1) is 19.4. The molecule has 0 atom stereocenters. The maximum Gasteiger partial charge on any atom is 0.322 e. The van der Waals surface area contributed by atoms with Gasteiger partial charge < -0.3 is 15.4 Å². The smallest absolute Gasteiger partial charge is 0.322 e. The van der Waals surface area contributed by atoms with Crippen molar-refractivity contribution in [2.75, 3.05) is 13.2 Å². The van der Waals surface area contributed by atoms with Gasteiger partial charge in [-0.25, -0.2) is 14.2 Å². The topological polar surface area (TPSA) is 84.6 Å². The van der Waals surface area contributed by atoms with Crippen molar-refractivity contribution in [2.24, 2.45) is 5.73 Å². The molecule has 2 amide bonds. The minimum atomic E-state index is -0.627. The normalized spacial score (nSPS) is 13.7. The van der Waals surface area contributed by atoms with Crippen LogP contribution in [0.2, 0.25) is 0 Å². The molecular weight excluding hydrogens is 385 g/mol. The molecule has 0 aliphatic carbocycles. The first-order valence-corrected chi connectivity index (χ1v) is 9.24. The predicted octanol–water partition coefficient (Wildman–Crippen LogP) is 3.72. The summed E-state index contributed by atoms with van der Waals surface area (Å²) in [6, 6.07) is 16.3. The Hall–Kier alpha value is -3.94. The van der Waals surface area contributed by atoms with Crippen molar-refractivity contribution in [3.05, 3.63) is 90.9 Å². The molecule has 0 bridgehead atoms. The number of amides is 2. The third-order valence-electron chi connectivity index (χ3n) is 4.60. The van der Waals surface area contributed by atoms with Crippen molar-refractivity contribution in [2.45, 2.75) is 0 Å². The fourth-order valence-electron chi connectivity index (χ4n) is 3.25. The zero-order valence-electron chi connectivity index (χ0n) is 16.0. The summed E-state index contributed by atoms with van der Waals surface area (Å²) >= 11 is 0. The molecule has 0 unspecified atom stereocenters. The van der Waals surface area contributed by atoms with Gasteiger partial charge in [-0.15, -0.1) is 0 Å². The molecule has 151 valence electrons. The lowest BCUT2D eigenvalue weighted by Gasteiger charge is -2.20. The molecule has 0 saturated carbocycles. The molecule has 3 aromatic rings. The van der Waals surface area contributed by atoms with Crippen molar-refractivity contribution in [3.63, 3.8) is 0 Å². The minimum Gasteiger partial charge on any atom is -0.424 e. The second-order valence-electron chi connectivity index (χ2n) is 6.51. The summed E-state index contributed by atoms with van der Waals surface area (Å²) in [5, 5.41) is 0. The average Bonchev–Trinajstić information content (AvgIpc) is 3.15. The van der Waals surface area contributed by atoms with E-state index < -0.39 is 6.03 Å². The third-order valence-corrected chi connectivity index (χ3v) is 4.60. The van der Waals surface area contributed by atoms with Crippen LogP contribution in [0.15, 0.2) is 66.9 Å². The van der Waals surface area contributed by atoms with Crippen molar-refractivity contribution >= 4 is 17.4 Å². The van der Waals surface area contributed by atoms with Crippen molar-refractivity contribution in [3.8, 4) is 11.8 Å². The lowest BCUT2D eigenvalue weighted by atomic mass is 10.1. The molecule has 2 N–H and O–H groups in total. The molecule has 1 radical (unpaired) electrons. The number of benzene rings is 2. The van der Waals surface area contributed by atoms with E-state index in [-0.39, 0.29) is 18.5 Å². The van der Waals surface area contributed by atoms with Crippen molar-refractivity contribution < 1.29 is 13.9 Å². The van der Waals surface area contributed by atoms with E-state index >= 15 is 0 Å². The Labute approximate surface area is 173 Å². The Morgan fingerprint density at radius 3 is 2.50 bits per heavy atom. The number of carbonyl (C=O) groups is 1. The Kier molecular flexibility index (Phi) is 5.30. The molecule has 1 aliphatic heterocycles. The Morgan fingerprint density at radius 2 is 1.83 bits per heavy atom. The van der Waals surface area contributed by atoms with Crippen LogP contribution < -0.4 is 10.5 Å². The van der Waals surface area contributed by atoms with Gasteiger partial charge in [-0.05, 0) is 49.4 Å². The molecule has 8 heteroatoms. The standard InChI is InChI=1S/C22H19FN5O2/c1-2-27-14-28(21(24)29)19(15-8-10-16(23)11-9-15)20(27)18-12-13-25-22(26-18)30-17-6-4-3-5-7-17/h3-13H,1-2,14H2,(H2,24,29). The zero-order chi connectivity index (χ0) is 21.1. The quantitative estimate of drug-likeness (QED) is 0.701. The van der Waals surface area contributed by atoms with E-state index in [0.717, 1.165) is 0 Å². The van der Waals surface area contributed by atoms with Crippen LogP contribution in [-0.4, -0.2) is 39.0 Å². The highest BCUT2D eigenvalue weighted by Gasteiger charge is 2.33. The largest absolute Gasteiger partial charge is 0.424 e. The maximum atomic E-state index is 13.5. The fourth-order valence-corrected chi connectivity index (χ4v) is 3.25. The molecule has 1 aromatic heterocycles. The number of ether oxygens (including phenoxy) is 1. The molecule has 0 fully saturated rings. The summed E-state index contributed by atoms with van der Waals surface area (Å²) in [5.41, 5.74) is 7.94. The van der Waals surface area contributed by atoms with E-state index in [1.165, 1.54) is 17.0 Å². The van der Waals surface area contributed by atoms with Gasteiger partial charge in [0.2, 0.25) is 0 Å². The Balaban J connectivity index is 1.82. The summed E-state index contributed by atoms with van der Waals surface area (Å²) in [7, 11) is 0.